The molecule has 11 heteroatoms. The van der Waals surface area contributed by atoms with Gasteiger partial charge in [-0.1, -0.05) is 62.4 Å². The van der Waals surface area contributed by atoms with Crippen LogP contribution in [0.25, 0.3) is 44.4 Å². The number of aromatic amines is 2. The largest absolute Gasteiger partial charge is 0.453 e. The van der Waals surface area contributed by atoms with Gasteiger partial charge in [0, 0.05) is 24.4 Å². The Morgan fingerprint density at radius 1 is 0.894 bits per heavy atom. The molecule has 4 N–H and O–H groups in total. The lowest BCUT2D eigenvalue weighted by molar-refractivity contribution is -0.135. The number of imidazole rings is 2. The van der Waals surface area contributed by atoms with Crippen LogP contribution in [-0.2, 0) is 9.53 Å². The van der Waals surface area contributed by atoms with E-state index in [1.807, 2.05) is 42.9 Å². The van der Waals surface area contributed by atoms with E-state index in [2.05, 4.69) is 86.2 Å². The van der Waals surface area contributed by atoms with E-state index in [-0.39, 0.29) is 23.2 Å². The number of carbonyl (C=O) groups is 2. The lowest BCUT2D eigenvalue weighted by atomic mass is 9.98. The number of hydrogen-bond acceptors (Lipinski definition) is 7. The Labute approximate surface area is 278 Å². The number of aromatic nitrogens is 4. The van der Waals surface area contributed by atoms with E-state index < -0.39 is 12.1 Å². The fourth-order valence-corrected chi connectivity index (χ4v) is 7.48. The van der Waals surface area contributed by atoms with E-state index in [0.717, 1.165) is 81.2 Å². The summed E-state index contributed by atoms with van der Waals surface area (Å²) >= 11 is 1.88. The highest BCUT2D eigenvalue weighted by Gasteiger charge is 2.37. The molecule has 0 spiro atoms. The van der Waals surface area contributed by atoms with Crippen LogP contribution in [0.1, 0.15) is 49.8 Å². The van der Waals surface area contributed by atoms with Gasteiger partial charge in [-0.25, -0.2) is 14.8 Å². The average molecular weight is 650 g/mol. The van der Waals surface area contributed by atoms with Gasteiger partial charge in [0.2, 0.25) is 5.91 Å². The first-order valence-electron chi connectivity index (χ1n) is 16.1. The third kappa shape index (κ3) is 6.37. The van der Waals surface area contributed by atoms with Crippen molar-refractivity contribution in [1.82, 2.24) is 35.5 Å². The molecule has 4 heterocycles. The third-order valence-electron chi connectivity index (χ3n) is 9.08. The Bertz CT molecular complexity index is 1890. The zero-order valence-corrected chi connectivity index (χ0v) is 27.6. The first-order chi connectivity index (χ1) is 22.9. The van der Waals surface area contributed by atoms with Gasteiger partial charge in [0.1, 0.15) is 23.1 Å². The monoisotopic (exact) mass is 649 g/mol. The number of likely N-dealkylation sites (tertiary alicyclic amines) is 1. The van der Waals surface area contributed by atoms with Crippen molar-refractivity contribution in [1.29, 1.82) is 0 Å². The smallest absolute Gasteiger partial charge is 0.407 e. The van der Waals surface area contributed by atoms with Crippen molar-refractivity contribution in [3.05, 3.63) is 84.7 Å². The Kier molecular flexibility index (Phi) is 8.74. The zero-order valence-electron chi connectivity index (χ0n) is 26.7. The van der Waals surface area contributed by atoms with E-state index >= 15 is 0 Å². The molecule has 0 aliphatic carbocycles. The van der Waals surface area contributed by atoms with E-state index in [1.54, 1.807) is 0 Å². The van der Waals surface area contributed by atoms with Gasteiger partial charge in [0.05, 0.1) is 36.9 Å². The Balaban J connectivity index is 1.06. The maximum atomic E-state index is 13.5. The second-order valence-electron chi connectivity index (χ2n) is 12.5. The van der Waals surface area contributed by atoms with Crippen molar-refractivity contribution < 1.29 is 14.3 Å². The van der Waals surface area contributed by atoms with Crippen molar-refractivity contribution in [2.75, 3.05) is 26.0 Å². The van der Waals surface area contributed by atoms with Crippen molar-refractivity contribution in [3.8, 4) is 33.6 Å². The summed E-state index contributed by atoms with van der Waals surface area (Å²) in [5.74, 6) is 2.64. The molecule has 3 atom stereocenters. The van der Waals surface area contributed by atoms with Crippen LogP contribution in [-0.4, -0.2) is 68.8 Å². The molecule has 2 aliphatic rings. The maximum Gasteiger partial charge on any atom is 0.407 e. The van der Waals surface area contributed by atoms with Gasteiger partial charge in [-0.2, -0.15) is 0 Å². The summed E-state index contributed by atoms with van der Waals surface area (Å²) in [7, 11) is 1.30. The standard InChI is InChI=1S/C36H39N7O3S/c1-21(2)31(42-36(45)46-3)35(44)43-15-4-5-30(43)32-38-20-29(40-32)27-13-12-25-17-24(10-11-26(25)18-27)22-6-8-23(9-7-22)28-19-39-33(41-28)34-37-14-16-47-34/h6-13,17-21,30-31,34,37H,4-5,14-16H2,1-3H3,(H,38,40)(H,39,41)(H,42,45)/t30-,31-,34-/m0/s1. The molecule has 242 valence electrons. The first kappa shape index (κ1) is 31.0. The summed E-state index contributed by atoms with van der Waals surface area (Å²) in [5.41, 5.74) is 6.38. The van der Waals surface area contributed by atoms with Gasteiger partial charge < -0.3 is 24.9 Å². The Hall–Kier alpha value is -4.61. The number of rotatable bonds is 8. The van der Waals surface area contributed by atoms with Crippen LogP contribution in [0.5, 0.6) is 0 Å². The number of methoxy groups -OCH3 is 1. The molecule has 5 aromatic rings. The van der Waals surface area contributed by atoms with Crippen molar-refractivity contribution in [2.24, 2.45) is 5.92 Å². The molecule has 0 bridgehead atoms. The molecule has 0 unspecified atom stereocenters. The number of hydrogen-bond donors (Lipinski definition) is 4. The second kappa shape index (κ2) is 13.2. The number of benzene rings is 3. The summed E-state index contributed by atoms with van der Waals surface area (Å²) in [6, 6.07) is 20.7. The number of thioether (sulfide) groups is 1. The summed E-state index contributed by atoms with van der Waals surface area (Å²) in [4.78, 5) is 43.5. The number of amides is 2. The molecule has 10 nitrogen and oxygen atoms in total. The summed E-state index contributed by atoms with van der Waals surface area (Å²) in [6.45, 7) is 5.46. The molecular weight excluding hydrogens is 611 g/mol. The van der Waals surface area contributed by atoms with Gasteiger partial charge in [-0.05, 0) is 58.4 Å². The van der Waals surface area contributed by atoms with Gasteiger partial charge in [0.15, 0.2) is 0 Å². The molecule has 2 aromatic heterocycles. The van der Waals surface area contributed by atoms with Crippen molar-refractivity contribution in [2.45, 2.75) is 44.1 Å². The van der Waals surface area contributed by atoms with Crippen LogP contribution in [0.15, 0.2) is 73.1 Å². The van der Waals surface area contributed by atoms with Crippen LogP contribution in [0.4, 0.5) is 4.79 Å². The van der Waals surface area contributed by atoms with Crippen molar-refractivity contribution >= 4 is 34.5 Å². The maximum absolute atomic E-state index is 13.5. The first-order valence-corrected chi connectivity index (χ1v) is 17.2. The second-order valence-corrected chi connectivity index (χ2v) is 13.7. The quantitative estimate of drug-likeness (QED) is 0.148. The molecule has 0 saturated carbocycles. The minimum atomic E-state index is -0.663. The minimum Gasteiger partial charge on any atom is -0.453 e. The van der Waals surface area contributed by atoms with Crippen LogP contribution in [0.2, 0.25) is 0 Å². The summed E-state index contributed by atoms with van der Waals surface area (Å²) < 4.78 is 4.76. The molecule has 2 aliphatic heterocycles. The average Bonchev–Trinajstić information content (AvgIpc) is 3.93. The number of alkyl carbamates (subject to hydrolysis) is 1. The normalized spacial score (nSPS) is 18.6. The zero-order chi connectivity index (χ0) is 32.5. The lowest BCUT2D eigenvalue weighted by Crippen LogP contribution is -2.51. The van der Waals surface area contributed by atoms with E-state index in [0.29, 0.717) is 6.54 Å². The molecule has 2 fully saturated rings. The SMILES string of the molecule is COC(=O)N[C@H](C(=O)N1CCC[C@H]1c1ncc(-c2ccc3cc(-c4ccc(-c5cnc([C@H]6NCCS6)[nH]5)cc4)ccc3c2)[nH]1)C(C)C. The lowest BCUT2D eigenvalue weighted by Gasteiger charge is -2.30. The topological polar surface area (TPSA) is 128 Å². The molecule has 47 heavy (non-hydrogen) atoms. The summed E-state index contributed by atoms with van der Waals surface area (Å²) in [6.07, 6.45) is 4.83. The number of carbonyl (C=O) groups excluding carboxylic acids is 2. The molecule has 2 saturated heterocycles. The minimum absolute atomic E-state index is 0.0822. The Morgan fingerprint density at radius 3 is 2.23 bits per heavy atom. The predicted molar refractivity (Wildman–Crippen MR) is 186 cm³/mol. The van der Waals surface area contributed by atoms with E-state index in [4.69, 9.17) is 9.72 Å². The molecule has 7 rings (SSSR count). The van der Waals surface area contributed by atoms with Gasteiger partial charge in [0.25, 0.3) is 0 Å². The highest BCUT2D eigenvalue weighted by atomic mass is 32.2. The van der Waals surface area contributed by atoms with E-state index in [9.17, 15) is 9.59 Å². The van der Waals surface area contributed by atoms with Crippen molar-refractivity contribution in [3.63, 3.8) is 0 Å². The van der Waals surface area contributed by atoms with E-state index in [1.165, 1.54) is 7.11 Å². The van der Waals surface area contributed by atoms with Gasteiger partial charge in [-0.15, -0.1) is 11.8 Å². The fraction of sp³-hybridized carbons (Fsp3) is 0.333. The summed E-state index contributed by atoms with van der Waals surface area (Å²) in [5, 5.41) is 8.70. The number of H-pyrrole nitrogens is 2. The van der Waals surface area contributed by atoms with Crippen LogP contribution in [0.3, 0.4) is 0 Å². The predicted octanol–water partition coefficient (Wildman–Crippen LogP) is 6.67. The van der Waals surface area contributed by atoms with Crippen LogP contribution >= 0.6 is 11.8 Å². The molecule has 0 radical (unpaired) electrons. The van der Waals surface area contributed by atoms with Crippen LogP contribution < -0.4 is 10.6 Å². The Morgan fingerprint density at radius 2 is 1.53 bits per heavy atom. The van der Waals surface area contributed by atoms with Gasteiger partial charge >= 0.3 is 6.09 Å². The molecule has 3 aromatic carbocycles. The number of nitrogens with one attached hydrogen (secondary N) is 4. The van der Waals surface area contributed by atoms with Crippen LogP contribution in [0, 0.1) is 5.92 Å². The number of ether oxygens (including phenoxy) is 1. The molecule has 2 amide bonds. The number of nitrogens with zero attached hydrogens (tertiary/aromatic N) is 3. The highest BCUT2D eigenvalue weighted by Crippen LogP contribution is 2.34. The third-order valence-corrected chi connectivity index (χ3v) is 10.2. The number of fused-ring (bicyclic) bond motifs is 1. The molecular formula is C36H39N7O3S. The highest BCUT2D eigenvalue weighted by molar-refractivity contribution is 7.99. The van der Waals surface area contributed by atoms with Gasteiger partial charge in [-0.3, -0.25) is 10.1 Å². The fourth-order valence-electron chi connectivity index (χ4n) is 6.50.